The molecule has 182 valence electrons. The van der Waals surface area contributed by atoms with E-state index in [4.69, 9.17) is 0 Å². The minimum Gasteiger partial charge on any atom is -0.340 e. The summed E-state index contributed by atoms with van der Waals surface area (Å²) < 4.78 is 28.0. The molecule has 4 nitrogen and oxygen atoms in total. The number of hydrogen-bond acceptors (Lipinski definition) is 3. The first-order valence-electron chi connectivity index (χ1n) is 11.4. The van der Waals surface area contributed by atoms with E-state index < -0.39 is 29.5 Å². The van der Waals surface area contributed by atoms with Crippen molar-refractivity contribution in [2.24, 2.45) is 0 Å². The second-order valence-corrected chi connectivity index (χ2v) is 9.15. The third-order valence-corrected chi connectivity index (χ3v) is 6.57. The minimum absolute atomic E-state index is 0.229. The van der Waals surface area contributed by atoms with Gasteiger partial charge in [-0.25, -0.2) is 8.78 Å². The molecule has 0 bridgehead atoms. The molecule has 0 heterocycles. The predicted octanol–water partition coefficient (Wildman–Crippen LogP) is 6.24. The van der Waals surface area contributed by atoms with Crippen molar-refractivity contribution in [2.75, 3.05) is 5.32 Å². The molecular weight excluding hydrogens is 478 g/mol. The number of carbonyl (C=O) groups excluding carboxylic acids is 2. The van der Waals surface area contributed by atoms with Crippen LogP contribution < -0.4 is 10.6 Å². The predicted molar refractivity (Wildman–Crippen MR) is 139 cm³/mol. The van der Waals surface area contributed by atoms with E-state index in [-0.39, 0.29) is 17.7 Å². The van der Waals surface area contributed by atoms with Crippen molar-refractivity contribution >= 4 is 29.3 Å². The molecule has 4 aromatic carbocycles. The van der Waals surface area contributed by atoms with Gasteiger partial charge in [0.1, 0.15) is 17.7 Å². The van der Waals surface area contributed by atoms with Gasteiger partial charge in [-0.15, -0.1) is 11.8 Å². The summed E-state index contributed by atoms with van der Waals surface area (Å²) in [5.74, 6) is -1.28. The number of rotatable bonds is 9. The first-order chi connectivity index (χ1) is 17.5. The highest BCUT2D eigenvalue weighted by atomic mass is 32.2. The average molecular weight is 503 g/mol. The Labute approximate surface area is 212 Å². The molecule has 0 radical (unpaired) electrons. The van der Waals surface area contributed by atoms with Crippen molar-refractivity contribution in [3.05, 3.63) is 131 Å². The van der Waals surface area contributed by atoms with E-state index in [1.165, 1.54) is 42.1 Å². The van der Waals surface area contributed by atoms with Crippen molar-refractivity contribution in [1.29, 1.82) is 0 Å². The van der Waals surface area contributed by atoms with Gasteiger partial charge in [0.15, 0.2) is 0 Å². The lowest BCUT2D eigenvalue weighted by molar-refractivity contribution is -0.118. The lowest BCUT2D eigenvalue weighted by atomic mass is 10.0. The lowest BCUT2D eigenvalue weighted by Crippen LogP contribution is -2.45. The SMILES string of the molecule is O=C(NC(Cc1ccccc1)C(=O)Nc1ccc(SCc2ccccc2)c(F)c1)c1ccc(F)cc1. The summed E-state index contributed by atoms with van der Waals surface area (Å²) in [4.78, 5) is 26.3. The number of thioether (sulfide) groups is 1. The van der Waals surface area contributed by atoms with Crippen LogP contribution in [0.1, 0.15) is 21.5 Å². The van der Waals surface area contributed by atoms with E-state index in [0.29, 0.717) is 10.6 Å². The van der Waals surface area contributed by atoms with Gasteiger partial charge in [0.05, 0.1) is 0 Å². The first kappa shape index (κ1) is 25.1. The van der Waals surface area contributed by atoms with Crippen LogP contribution in [0.4, 0.5) is 14.5 Å². The molecule has 0 saturated heterocycles. The van der Waals surface area contributed by atoms with E-state index in [9.17, 15) is 18.4 Å². The molecule has 0 aromatic heterocycles. The largest absolute Gasteiger partial charge is 0.340 e. The maximum Gasteiger partial charge on any atom is 0.251 e. The van der Waals surface area contributed by atoms with Crippen LogP contribution in [-0.2, 0) is 17.0 Å². The Morgan fingerprint density at radius 1 is 0.778 bits per heavy atom. The standard InChI is InChI=1S/C29H24F2N2O2S/c30-23-13-11-22(12-14-23)28(34)33-26(17-20-7-3-1-4-8-20)29(35)32-24-15-16-27(25(31)18-24)36-19-21-9-5-2-6-10-21/h1-16,18,26H,17,19H2,(H,32,35)(H,33,34). The molecule has 0 spiro atoms. The molecule has 0 fully saturated rings. The Morgan fingerprint density at radius 3 is 2.06 bits per heavy atom. The van der Waals surface area contributed by atoms with Crippen LogP contribution in [0.2, 0.25) is 0 Å². The number of benzene rings is 4. The van der Waals surface area contributed by atoms with Gasteiger partial charge in [0.25, 0.3) is 5.91 Å². The fourth-order valence-corrected chi connectivity index (χ4v) is 4.44. The van der Waals surface area contributed by atoms with Crippen LogP contribution in [0.25, 0.3) is 0 Å². The second kappa shape index (κ2) is 12.1. The van der Waals surface area contributed by atoms with Crippen LogP contribution in [0.3, 0.4) is 0 Å². The van der Waals surface area contributed by atoms with Gasteiger partial charge in [-0.3, -0.25) is 9.59 Å². The highest BCUT2D eigenvalue weighted by molar-refractivity contribution is 7.98. The van der Waals surface area contributed by atoms with Crippen molar-refractivity contribution in [2.45, 2.75) is 23.1 Å². The third-order valence-electron chi connectivity index (χ3n) is 5.45. The monoisotopic (exact) mass is 502 g/mol. The average Bonchev–Trinajstić information content (AvgIpc) is 2.89. The topological polar surface area (TPSA) is 58.2 Å². The molecule has 7 heteroatoms. The number of nitrogens with one attached hydrogen (secondary N) is 2. The van der Waals surface area contributed by atoms with E-state index >= 15 is 0 Å². The zero-order chi connectivity index (χ0) is 25.3. The zero-order valence-electron chi connectivity index (χ0n) is 19.3. The van der Waals surface area contributed by atoms with E-state index in [1.807, 2.05) is 60.7 Å². The normalized spacial score (nSPS) is 11.5. The highest BCUT2D eigenvalue weighted by Crippen LogP contribution is 2.27. The van der Waals surface area contributed by atoms with Crippen LogP contribution in [0, 0.1) is 11.6 Å². The number of amides is 2. The lowest BCUT2D eigenvalue weighted by Gasteiger charge is -2.19. The molecule has 1 atom stereocenters. The van der Waals surface area contributed by atoms with Gasteiger partial charge in [0, 0.05) is 28.3 Å². The molecule has 4 rings (SSSR count). The summed E-state index contributed by atoms with van der Waals surface area (Å²) in [5, 5.41) is 5.42. The summed E-state index contributed by atoms with van der Waals surface area (Å²) in [6, 6.07) is 27.7. The Balaban J connectivity index is 1.45. The quantitative estimate of drug-likeness (QED) is 0.267. The molecule has 2 N–H and O–H groups in total. The van der Waals surface area contributed by atoms with Gasteiger partial charge in [0.2, 0.25) is 5.91 Å². The van der Waals surface area contributed by atoms with Crippen LogP contribution in [-0.4, -0.2) is 17.9 Å². The number of halogens is 2. The van der Waals surface area contributed by atoms with Crippen LogP contribution >= 0.6 is 11.8 Å². The summed E-state index contributed by atoms with van der Waals surface area (Å²) in [5.41, 5.74) is 2.44. The molecule has 2 amide bonds. The Hall–Kier alpha value is -3.97. The minimum atomic E-state index is -0.930. The van der Waals surface area contributed by atoms with E-state index in [2.05, 4.69) is 10.6 Å². The second-order valence-electron chi connectivity index (χ2n) is 8.13. The number of anilines is 1. The van der Waals surface area contributed by atoms with Crippen molar-refractivity contribution in [3.8, 4) is 0 Å². The molecule has 0 aliphatic heterocycles. The summed E-state index contributed by atoms with van der Waals surface area (Å²) in [7, 11) is 0. The maximum absolute atomic E-state index is 14.7. The fraction of sp³-hybridized carbons (Fsp3) is 0.103. The molecule has 0 aliphatic carbocycles. The number of hydrogen-bond donors (Lipinski definition) is 2. The molecule has 0 aliphatic rings. The Bertz CT molecular complexity index is 1320. The Kier molecular flexibility index (Phi) is 8.47. The Morgan fingerprint density at radius 2 is 1.42 bits per heavy atom. The van der Waals surface area contributed by atoms with Gasteiger partial charge in [-0.2, -0.15) is 0 Å². The summed E-state index contributed by atoms with van der Waals surface area (Å²) >= 11 is 1.37. The van der Waals surface area contributed by atoms with Gasteiger partial charge in [-0.1, -0.05) is 60.7 Å². The molecule has 0 saturated carbocycles. The van der Waals surface area contributed by atoms with Crippen LogP contribution in [0.5, 0.6) is 0 Å². The van der Waals surface area contributed by atoms with E-state index in [0.717, 1.165) is 11.1 Å². The fourth-order valence-electron chi connectivity index (χ4n) is 3.56. The van der Waals surface area contributed by atoms with Gasteiger partial charge >= 0.3 is 0 Å². The maximum atomic E-state index is 14.7. The summed E-state index contributed by atoms with van der Waals surface area (Å²) in [6.45, 7) is 0. The molecule has 1 unspecified atom stereocenters. The molecule has 36 heavy (non-hydrogen) atoms. The van der Waals surface area contributed by atoms with Gasteiger partial charge in [-0.05, 0) is 53.6 Å². The van der Waals surface area contributed by atoms with E-state index in [1.54, 1.807) is 12.1 Å². The highest BCUT2D eigenvalue weighted by Gasteiger charge is 2.22. The van der Waals surface area contributed by atoms with Crippen molar-refractivity contribution in [1.82, 2.24) is 5.32 Å². The third kappa shape index (κ3) is 7.02. The zero-order valence-corrected chi connectivity index (χ0v) is 20.1. The number of carbonyl (C=O) groups is 2. The smallest absolute Gasteiger partial charge is 0.251 e. The van der Waals surface area contributed by atoms with Crippen molar-refractivity contribution < 1.29 is 18.4 Å². The van der Waals surface area contributed by atoms with Gasteiger partial charge < -0.3 is 10.6 Å². The molecular formula is C29H24F2N2O2S. The molecule has 4 aromatic rings. The first-order valence-corrected chi connectivity index (χ1v) is 12.3. The van der Waals surface area contributed by atoms with Crippen molar-refractivity contribution in [3.63, 3.8) is 0 Å². The summed E-state index contributed by atoms with van der Waals surface area (Å²) in [6.07, 6.45) is 0.229. The van der Waals surface area contributed by atoms with Crippen LogP contribution in [0.15, 0.2) is 108 Å².